The van der Waals surface area contributed by atoms with E-state index in [4.69, 9.17) is 6.42 Å². The summed E-state index contributed by atoms with van der Waals surface area (Å²) in [5.74, 6) is 2.54. The fraction of sp³-hybridized carbons (Fsp3) is 0.625. The largest absolute Gasteiger partial charge is 0.353 e. The summed E-state index contributed by atoms with van der Waals surface area (Å²) in [5, 5.41) is 2.75. The van der Waals surface area contributed by atoms with Crippen LogP contribution in [0.3, 0.4) is 0 Å². The molecule has 1 N–H and O–H groups in total. The molecule has 0 aromatic heterocycles. The van der Waals surface area contributed by atoms with Crippen molar-refractivity contribution in [2.75, 3.05) is 0 Å². The quantitative estimate of drug-likeness (QED) is 0.579. The summed E-state index contributed by atoms with van der Waals surface area (Å²) in [4.78, 5) is 10.7. The molecule has 0 aliphatic carbocycles. The number of nitrogens with one attached hydrogen (secondary N) is 1. The maximum atomic E-state index is 10.7. The SMILES string of the molecule is C#CCC(C)NC(=O)CC. The van der Waals surface area contributed by atoms with Crippen LogP contribution in [-0.2, 0) is 4.79 Å². The van der Waals surface area contributed by atoms with Crippen molar-refractivity contribution in [3.8, 4) is 12.3 Å². The van der Waals surface area contributed by atoms with Crippen LogP contribution < -0.4 is 5.32 Å². The normalized spacial score (nSPS) is 11.7. The van der Waals surface area contributed by atoms with Crippen LogP contribution in [0.25, 0.3) is 0 Å². The van der Waals surface area contributed by atoms with E-state index < -0.39 is 0 Å². The van der Waals surface area contributed by atoms with E-state index in [1.165, 1.54) is 0 Å². The zero-order chi connectivity index (χ0) is 7.98. The van der Waals surface area contributed by atoms with Crippen LogP contribution in [0.1, 0.15) is 26.7 Å². The Morgan fingerprint density at radius 2 is 2.40 bits per heavy atom. The summed E-state index contributed by atoms with van der Waals surface area (Å²) in [6, 6.07) is 0.109. The number of carbonyl (C=O) groups is 1. The third-order valence-electron chi connectivity index (χ3n) is 1.15. The lowest BCUT2D eigenvalue weighted by Crippen LogP contribution is -2.31. The molecule has 1 amide bonds. The van der Waals surface area contributed by atoms with Gasteiger partial charge in [0.1, 0.15) is 0 Å². The Balaban J connectivity index is 3.49. The summed E-state index contributed by atoms with van der Waals surface area (Å²) < 4.78 is 0. The Morgan fingerprint density at radius 3 is 2.80 bits per heavy atom. The molecule has 56 valence electrons. The number of hydrogen-bond acceptors (Lipinski definition) is 1. The second-order valence-corrected chi connectivity index (χ2v) is 2.23. The lowest BCUT2D eigenvalue weighted by Gasteiger charge is -2.08. The van der Waals surface area contributed by atoms with Gasteiger partial charge in [-0.1, -0.05) is 6.92 Å². The smallest absolute Gasteiger partial charge is 0.219 e. The summed E-state index contributed by atoms with van der Waals surface area (Å²) in [5.41, 5.74) is 0. The van der Waals surface area contributed by atoms with E-state index in [2.05, 4.69) is 11.2 Å². The minimum absolute atomic E-state index is 0.0581. The molecule has 0 aromatic rings. The van der Waals surface area contributed by atoms with Crippen LogP contribution >= 0.6 is 0 Å². The number of terminal acetylenes is 1. The van der Waals surface area contributed by atoms with Gasteiger partial charge in [0.15, 0.2) is 0 Å². The fourth-order valence-corrected chi connectivity index (χ4v) is 0.605. The van der Waals surface area contributed by atoms with Crippen molar-refractivity contribution in [3.63, 3.8) is 0 Å². The molecule has 0 rings (SSSR count). The Hall–Kier alpha value is -0.970. The van der Waals surface area contributed by atoms with Crippen molar-refractivity contribution in [2.24, 2.45) is 0 Å². The van der Waals surface area contributed by atoms with E-state index in [-0.39, 0.29) is 11.9 Å². The van der Waals surface area contributed by atoms with Gasteiger partial charge in [-0.15, -0.1) is 12.3 Å². The zero-order valence-corrected chi connectivity index (χ0v) is 6.48. The van der Waals surface area contributed by atoms with E-state index in [0.717, 1.165) is 0 Å². The van der Waals surface area contributed by atoms with Crippen molar-refractivity contribution >= 4 is 5.91 Å². The fourth-order valence-electron chi connectivity index (χ4n) is 0.605. The lowest BCUT2D eigenvalue weighted by molar-refractivity contribution is -0.121. The minimum atomic E-state index is 0.0581. The summed E-state index contributed by atoms with van der Waals surface area (Å²) in [6.45, 7) is 3.71. The molecule has 0 radical (unpaired) electrons. The van der Waals surface area contributed by atoms with E-state index >= 15 is 0 Å². The van der Waals surface area contributed by atoms with Crippen molar-refractivity contribution in [2.45, 2.75) is 32.7 Å². The van der Waals surface area contributed by atoms with E-state index in [0.29, 0.717) is 12.8 Å². The Morgan fingerprint density at radius 1 is 1.80 bits per heavy atom. The Labute approximate surface area is 62.0 Å². The van der Waals surface area contributed by atoms with Crippen molar-refractivity contribution < 1.29 is 4.79 Å². The van der Waals surface area contributed by atoms with Gasteiger partial charge in [-0.2, -0.15) is 0 Å². The molecule has 2 heteroatoms. The van der Waals surface area contributed by atoms with Crippen LogP contribution in [0.4, 0.5) is 0 Å². The molecule has 1 atom stereocenters. The molecule has 0 saturated heterocycles. The van der Waals surface area contributed by atoms with Gasteiger partial charge in [-0.05, 0) is 6.92 Å². The van der Waals surface area contributed by atoms with Gasteiger partial charge in [0.25, 0.3) is 0 Å². The zero-order valence-electron chi connectivity index (χ0n) is 6.48. The monoisotopic (exact) mass is 139 g/mol. The first-order chi connectivity index (χ1) is 4.70. The van der Waals surface area contributed by atoms with E-state index in [9.17, 15) is 4.79 Å². The average Bonchev–Trinajstić information content (AvgIpc) is 1.88. The van der Waals surface area contributed by atoms with Crippen molar-refractivity contribution in [1.82, 2.24) is 5.32 Å². The second-order valence-electron chi connectivity index (χ2n) is 2.23. The first-order valence-corrected chi connectivity index (χ1v) is 3.43. The molecule has 0 aliphatic rings. The minimum Gasteiger partial charge on any atom is -0.353 e. The van der Waals surface area contributed by atoms with E-state index in [1.807, 2.05) is 13.8 Å². The van der Waals surface area contributed by atoms with Crippen LogP contribution in [0.5, 0.6) is 0 Å². The van der Waals surface area contributed by atoms with Crippen LogP contribution in [0.15, 0.2) is 0 Å². The lowest BCUT2D eigenvalue weighted by atomic mass is 10.2. The summed E-state index contributed by atoms with van der Waals surface area (Å²) >= 11 is 0. The number of hydrogen-bond donors (Lipinski definition) is 1. The topological polar surface area (TPSA) is 29.1 Å². The van der Waals surface area contributed by atoms with Gasteiger partial charge in [0.05, 0.1) is 0 Å². The molecule has 10 heavy (non-hydrogen) atoms. The van der Waals surface area contributed by atoms with Crippen molar-refractivity contribution in [3.05, 3.63) is 0 Å². The highest BCUT2D eigenvalue weighted by molar-refractivity contribution is 5.75. The molecular formula is C8H13NO. The highest BCUT2D eigenvalue weighted by Gasteiger charge is 2.01. The number of rotatable bonds is 3. The molecule has 0 bridgehead atoms. The third-order valence-corrected chi connectivity index (χ3v) is 1.15. The highest BCUT2D eigenvalue weighted by Crippen LogP contribution is 1.88. The second kappa shape index (κ2) is 4.87. The molecule has 0 heterocycles. The molecule has 0 aromatic carbocycles. The molecule has 0 spiro atoms. The molecular weight excluding hydrogens is 126 g/mol. The average molecular weight is 139 g/mol. The molecule has 0 aliphatic heterocycles. The van der Waals surface area contributed by atoms with Gasteiger partial charge in [0.2, 0.25) is 5.91 Å². The van der Waals surface area contributed by atoms with Crippen LogP contribution in [0.2, 0.25) is 0 Å². The summed E-state index contributed by atoms with van der Waals surface area (Å²) in [6.07, 6.45) is 6.17. The van der Waals surface area contributed by atoms with Gasteiger partial charge < -0.3 is 5.32 Å². The molecule has 1 unspecified atom stereocenters. The van der Waals surface area contributed by atoms with Crippen molar-refractivity contribution in [1.29, 1.82) is 0 Å². The maximum Gasteiger partial charge on any atom is 0.219 e. The highest BCUT2D eigenvalue weighted by atomic mass is 16.1. The maximum absolute atomic E-state index is 10.7. The van der Waals surface area contributed by atoms with Crippen LogP contribution in [-0.4, -0.2) is 11.9 Å². The van der Waals surface area contributed by atoms with Crippen LogP contribution in [0, 0.1) is 12.3 Å². The van der Waals surface area contributed by atoms with Gasteiger partial charge in [-0.3, -0.25) is 4.79 Å². The number of carbonyl (C=O) groups excluding carboxylic acids is 1. The van der Waals surface area contributed by atoms with Gasteiger partial charge >= 0.3 is 0 Å². The standard InChI is InChI=1S/C8H13NO/c1-4-6-7(3)9-8(10)5-2/h1,7H,5-6H2,2-3H3,(H,9,10). The first kappa shape index (κ1) is 9.03. The molecule has 0 fully saturated rings. The number of amides is 1. The summed E-state index contributed by atoms with van der Waals surface area (Å²) in [7, 11) is 0. The van der Waals surface area contributed by atoms with Gasteiger partial charge in [0, 0.05) is 18.9 Å². The predicted molar refractivity (Wildman–Crippen MR) is 41.3 cm³/mol. The van der Waals surface area contributed by atoms with Gasteiger partial charge in [-0.25, -0.2) is 0 Å². The molecule has 0 saturated carbocycles. The predicted octanol–water partition coefficient (Wildman–Crippen LogP) is 0.924. The van der Waals surface area contributed by atoms with E-state index in [1.54, 1.807) is 0 Å². The molecule has 2 nitrogen and oxygen atoms in total. The first-order valence-electron chi connectivity index (χ1n) is 3.43. The Bertz CT molecular complexity index is 146. The Kier molecular flexibility index (Phi) is 4.39. The third kappa shape index (κ3) is 3.96.